The highest BCUT2D eigenvalue weighted by molar-refractivity contribution is 5.94. The van der Waals surface area contributed by atoms with E-state index in [0.29, 0.717) is 36.0 Å². The number of hydrogen-bond acceptors (Lipinski definition) is 5. The summed E-state index contributed by atoms with van der Waals surface area (Å²) in [5.41, 5.74) is 0.886. The molecule has 0 fully saturated rings. The predicted molar refractivity (Wildman–Crippen MR) is 102 cm³/mol. The Labute approximate surface area is 157 Å². The van der Waals surface area contributed by atoms with Crippen LogP contribution in [0, 0.1) is 0 Å². The van der Waals surface area contributed by atoms with Crippen LogP contribution >= 0.6 is 0 Å². The van der Waals surface area contributed by atoms with E-state index in [9.17, 15) is 14.4 Å². The number of nitrogens with zero attached hydrogens (tertiary/aromatic N) is 2. The number of hydrogen-bond donors (Lipinski definition) is 1. The number of carbonyl (C=O) groups excluding carboxylic acids is 2. The molecular formula is C20H25N3O4. The summed E-state index contributed by atoms with van der Waals surface area (Å²) in [6, 6.07) is 4.90. The van der Waals surface area contributed by atoms with E-state index in [1.807, 2.05) is 0 Å². The Bertz CT molecular complexity index is 904. The molecule has 0 atom stereocenters. The summed E-state index contributed by atoms with van der Waals surface area (Å²) in [5, 5.41) is 3.18. The molecule has 2 aromatic rings. The van der Waals surface area contributed by atoms with Gasteiger partial charge in [-0.2, -0.15) is 0 Å². The van der Waals surface area contributed by atoms with Crippen LogP contribution in [0.1, 0.15) is 55.2 Å². The first-order valence-corrected chi connectivity index (χ1v) is 9.51. The minimum absolute atomic E-state index is 0.0351. The van der Waals surface area contributed by atoms with Crippen LogP contribution in [-0.4, -0.2) is 34.6 Å². The van der Waals surface area contributed by atoms with Crippen molar-refractivity contribution >= 4 is 22.8 Å². The van der Waals surface area contributed by atoms with Crippen molar-refractivity contribution in [3.05, 3.63) is 39.9 Å². The Balaban J connectivity index is 1.76. The number of aryl methyl sites for hydroxylation is 1. The molecule has 1 amide bonds. The van der Waals surface area contributed by atoms with Crippen LogP contribution in [-0.2, 0) is 22.5 Å². The van der Waals surface area contributed by atoms with Gasteiger partial charge in [-0.15, -0.1) is 0 Å². The molecular weight excluding hydrogens is 346 g/mol. The first-order chi connectivity index (χ1) is 13.1. The first kappa shape index (κ1) is 19.1. The van der Waals surface area contributed by atoms with E-state index in [1.165, 1.54) is 6.92 Å². The Morgan fingerprint density at radius 2 is 2.04 bits per heavy atom. The topological polar surface area (TPSA) is 90.3 Å². The number of rotatable bonds is 5. The molecule has 0 saturated heterocycles. The summed E-state index contributed by atoms with van der Waals surface area (Å²) < 4.78 is 7.02. The summed E-state index contributed by atoms with van der Waals surface area (Å²) in [7, 11) is 0. The van der Waals surface area contributed by atoms with Gasteiger partial charge < -0.3 is 10.1 Å². The smallest absolute Gasteiger partial charge is 0.338 e. The standard InChI is InChI=1S/C20H25N3O4/c1-14(24)21-10-6-12-27-20(26)15-8-9-16-17(13-15)22-18-7-4-2-3-5-11-23(18)19(16)25/h8-9,13H,2-7,10-12H2,1H3,(H,21,24). The quantitative estimate of drug-likeness (QED) is 0.643. The first-order valence-electron chi connectivity index (χ1n) is 9.51. The lowest BCUT2D eigenvalue weighted by Gasteiger charge is -2.16. The molecule has 1 aromatic heterocycles. The van der Waals surface area contributed by atoms with Crippen molar-refractivity contribution in [3.8, 4) is 0 Å². The maximum atomic E-state index is 12.8. The summed E-state index contributed by atoms with van der Waals surface area (Å²) >= 11 is 0. The number of ether oxygens (including phenoxy) is 1. The van der Waals surface area contributed by atoms with Gasteiger partial charge in [0.1, 0.15) is 5.82 Å². The molecule has 7 nitrogen and oxygen atoms in total. The number of aromatic nitrogens is 2. The maximum Gasteiger partial charge on any atom is 0.338 e. The van der Waals surface area contributed by atoms with Gasteiger partial charge in [-0.1, -0.05) is 12.8 Å². The third kappa shape index (κ3) is 4.72. The third-order valence-corrected chi connectivity index (χ3v) is 4.73. The Morgan fingerprint density at radius 1 is 1.22 bits per heavy atom. The zero-order valence-corrected chi connectivity index (χ0v) is 15.6. The summed E-state index contributed by atoms with van der Waals surface area (Å²) in [5.74, 6) is 0.240. The zero-order chi connectivity index (χ0) is 19.2. The minimum atomic E-state index is -0.451. The molecule has 2 heterocycles. The van der Waals surface area contributed by atoms with Gasteiger partial charge in [0.2, 0.25) is 5.91 Å². The van der Waals surface area contributed by atoms with Crippen LogP contribution in [0.25, 0.3) is 10.9 Å². The van der Waals surface area contributed by atoms with Crippen molar-refractivity contribution in [2.24, 2.45) is 0 Å². The lowest BCUT2D eigenvalue weighted by molar-refractivity contribution is -0.118. The van der Waals surface area contributed by atoms with Gasteiger partial charge in [0.15, 0.2) is 0 Å². The van der Waals surface area contributed by atoms with E-state index < -0.39 is 5.97 Å². The van der Waals surface area contributed by atoms with Crippen LogP contribution in [0.15, 0.2) is 23.0 Å². The van der Waals surface area contributed by atoms with Gasteiger partial charge >= 0.3 is 5.97 Å². The third-order valence-electron chi connectivity index (χ3n) is 4.73. The van der Waals surface area contributed by atoms with Crippen molar-refractivity contribution in [2.45, 2.75) is 52.0 Å². The van der Waals surface area contributed by atoms with E-state index in [4.69, 9.17) is 4.74 Å². The lowest BCUT2D eigenvalue weighted by Crippen LogP contribution is -2.26. The van der Waals surface area contributed by atoms with Crippen molar-refractivity contribution in [1.82, 2.24) is 14.9 Å². The molecule has 0 unspecified atom stereocenters. The normalized spacial score (nSPS) is 14.1. The van der Waals surface area contributed by atoms with Gasteiger partial charge in [0.25, 0.3) is 5.56 Å². The highest BCUT2D eigenvalue weighted by Gasteiger charge is 2.15. The number of carbonyl (C=O) groups is 2. The zero-order valence-electron chi connectivity index (χ0n) is 15.6. The van der Waals surface area contributed by atoms with Crippen molar-refractivity contribution in [3.63, 3.8) is 0 Å². The Morgan fingerprint density at radius 3 is 2.85 bits per heavy atom. The number of esters is 1. The molecule has 1 aromatic carbocycles. The Hall–Kier alpha value is -2.70. The minimum Gasteiger partial charge on any atom is -0.462 e. The second kappa shape index (κ2) is 8.79. The highest BCUT2D eigenvalue weighted by atomic mass is 16.5. The fraction of sp³-hybridized carbons (Fsp3) is 0.500. The van der Waals surface area contributed by atoms with Gasteiger partial charge in [-0.3, -0.25) is 14.2 Å². The van der Waals surface area contributed by atoms with Crippen molar-refractivity contribution in [1.29, 1.82) is 0 Å². The molecule has 7 heteroatoms. The van der Waals surface area contributed by atoms with Crippen LogP contribution in [0.5, 0.6) is 0 Å². The summed E-state index contributed by atoms with van der Waals surface area (Å²) in [4.78, 5) is 40.5. The number of amides is 1. The average molecular weight is 371 g/mol. The maximum absolute atomic E-state index is 12.8. The molecule has 144 valence electrons. The van der Waals surface area contributed by atoms with E-state index in [0.717, 1.165) is 37.9 Å². The molecule has 27 heavy (non-hydrogen) atoms. The molecule has 1 N–H and O–H groups in total. The highest BCUT2D eigenvalue weighted by Crippen LogP contribution is 2.17. The van der Waals surface area contributed by atoms with E-state index in [-0.39, 0.29) is 18.1 Å². The number of benzene rings is 1. The second-order valence-electron chi connectivity index (χ2n) is 6.85. The lowest BCUT2D eigenvalue weighted by atomic mass is 10.1. The Kier molecular flexibility index (Phi) is 6.21. The SMILES string of the molecule is CC(=O)NCCCOC(=O)c1ccc2c(=O)n3c(nc2c1)CCCCCC3. The van der Waals surface area contributed by atoms with Crippen molar-refractivity contribution in [2.75, 3.05) is 13.2 Å². The fourth-order valence-electron chi connectivity index (χ4n) is 3.31. The van der Waals surface area contributed by atoms with E-state index in [1.54, 1.807) is 22.8 Å². The largest absolute Gasteiger partial charge is 0.462 e. The summed E-state index contributed by atoms with van der Waals surface area (Å²) in [6.45, 7) is 2.83. The van der Waals surface area contributed by atoms with Crippen LogP contribution in [0.2, 0.25) is 0 Å². The molecule has 0 saturated carbocycles. The molecule has 3 rings (SSSR count). The van der Waals surface area contributed by atoms with Gasteiger partial charge in [-0.05, 0) is 37.5 Å². The average Bonchev–Trinajstić information content (AvgIpc) is 2.62. The molecule has 0 aliphatic carbocycles. The van der Waals surface area contributed by atoms with Crippen LogP contribution < -0.4 is 10.9 Å². The van der Waals surface area contributed by atoms with E-state index in [2.05, 4.69) is 10.3 Å². The van der Waals surface area contributed by atoms with Gasteiger partial charge in [-0.25, -0.2) is 9.78 Å². The van der Waals surface area contributed by atoms with E-state index >= 15 is 0 Å². The second-order valence-corrected chi connectivity index (χ2v) is 6.85. The summed E-state index contributed by atoms with van der Waals surface area (Å²) in [6.07, 6.45) is 5.63. The monoisotopic (exact) mass is 371 g/mol. The molecule has 1 aliphatic heterocycles. The fourth-order valence-corrected chi connectivity index (χ4v) is 3.31. The molecule has 1 aliphatic rings. The predicted octanol–water partition coefficient (Wildman–Crippen LogP) is 2.20. The van der Waals surface area contributed by atoms with Crippen LogP contribution in [0.3, 0.4) is 0 Å². The van der Waals surface area contributed by atoms with Gasteiger partial charge in [0.05, 0.1) is 23.1 Å². The molecule has 0 radical (unpaired) electrons. The van der Waals surface area contributed by atoms with Crippen molar-refractivity contribution < 1.29 is 14.3 Å². The molecule has 0 spiro atoms. The number of fused-ring (bicyclic) bond motifs is 2. The molecule has 0 bridgehead atoms. The van der Waals surface area contributed by atoms with Crippen LogP contribution in [0.4, 0.5) is 0 Å². The van der Waals surface area contributed by atoms with Gasteiger partial charge in [0, 0.05) is 26.4 Å². The number of nitrogens with one attached hydrogen (secondary N) is 1.